The Labute approximate surface area is 267 Å². The molecule has 4 aromatic carbocycles. The number of nitrogens with one attached hydrogen (secondary N) is 1. The fourth-order valence-electron chi connectivity index (χ4n) is 4.75. The summed E-state index contributed by atoms with van der Waals surface area (Å²) < 4.78 is 35.5. The number of amides is 2. The zero-order valence-electron chi connectivity index (χ0n) is 24.9. The van der Waals surface area contributed by atoms with E-state index in [2.05, 4.69) is 21.2 Å². The van der Waals surface area contributed by atoms with Crippen molar-refractivity contribution in [1.82, 2.24) is 10.2 Å². The summed E-state index contributed by atoms with van der Waals surface area (Å²) in [6.07, 6.45) is 0.251. The maximum Gasteiger partial charge on any atom is 0.264 e. The molecule has 0 radical (unpaired) electrons. The predicted molar refractivity (Wildman–Crippen MR) is 176 cm³/mol. The van der Waals surface area contributed by atoms with E-state index in [4.69, 9.17) is 4.74 Å². The van der Waals surface area contributed by atoms with Crippen molar-refractivity contribution in [2.24, 2.45) is 0 Å². The van der Waals surface area contributed by atoms with Gasteiger partial charge in [0.2, 0.25) is 11.8 Å². The fraction of sp³-hybridized carbons (Fsp3) is 0.235. The fourth-order valence-corrected chi connectivity index (χ4v) is 6.43. The third kappa shape index (κ3) is 8.27. The molecule has 0 aliphatic rings. The standard InChI is InChI=1S/C34H36BrN3O5S/c1-4-43-30-18-16-29(17-19-30)38(44(41,42)31-20-14-28(35)15-21-31)24-33(39)37(23-27-12-10-25(2)11-13-27)32(34(40)36-3)22-26-8-6-5-7-9-26/h5-21,32H,4,22-24H2,1-3H3,(H,36,40)/t32-/m0/s1. The molecule has 0 aromatic heterocycles. The summed E-state index contributed by atoms with van der Waals surface area (Å²) in [7, 11) is -2.66. The van der Waals surface area contributed by atoms with Gasteiger partial charge < -0.3 is 15.0 Å². The van der Waals surface area contributed by atoms with Crippen molar-refractivity contribution in [3.8, 4) is 5.75 Å². The smallest absolute Gasteiger partial charge is 0.264 e. The summed E-state index contributed by atoms with van der Waals surface area (Å²) in [6, 6.07) is 29.0. The Bertz CT molecular complexity index is 1650. The lowest BCUT2D eigenvalue weighted by atomic mass is 10.0. The number of anilines is 1. The van der Waals surface area contributed by atoms with Gasteiger partial charge in [-0.2, -0.15) is 0 Å². The minimum Gasteiger partial charge on any atom is -0.494 e. The van der Waals surface area contributed by atoms with Crippen molar-refractivity contribution < 1.29 is 22.7 Å². The number of ether oxygens (including phenoxy) is 1. The first kappa shape index (κ1) is 32.8. The second kappa shape index (κ2) is 15.0. The first-order chi connectivity index (χ1) is 21.1. The summed E-state index contributed by atoms with van der Waals surface area (Å²) in [6.45, 7) is 3.87. The van der Waals surface area contributed by atoms with Crippen LogP contribution >= 0.6 is 15.9 Å². The molecule has 0 unspecified atom stereocenters. The highest BCUT2D eigenvalue weighted by molar-refractivity contribution is 9.10. The molecule has 0 aliphatic heterocycles. The quantitative estimate of drug-likeness (QED) is 0.195. The van der Waals surface area contributed by atoms with Crippen LogP contribution in [-0.4, -0.2) is 51.4 Å². The van der Waals surface area contributed by atoms with Crippen molar-refractivity contribution in [2.45, 2.75) is 37.8 Å². The van der Waals surface area contributed by atoms with Crippen LogP contribution in [0.3, 0.4) is 0 Å². The van der Waals surface area contributed by atoms with Crippen LogP contribution in [0.2, 0.25) is 0 Å². The van der Waals surface area contributed by atoms with Gasteiger partial charge in [0.25, 0.3) is 10.0 Å². The van der Waals surface area contributed by atoms with Gasteiger partial charge in [-0.05, 0) is 73.5 Å². The Kier molecular flexibility index (Phi) is 11.2. The van der Waals surface area contributed by atoms with Crippen molar-refractivity contribution in [1.29, 1.82) is 0 Å². The van der Waals surface area contributed by atoms with Gasteiger partial charge in [0, 0.05) is 24.5 Å². The van der Waals surface area contributed by atoms with E-state index < -0.39 is 28.5 Å². The van der Waals surface area contributed by atoms with Crippen LogP contribution in [0.25, 0.3) is 0 Å². The van der Waals surface area contributed by atoms with E-state index >= 15 is 0 Å². The normalized spacial score (nSPS) is 11.8. The number of likely N-dealkylation sites (N-methyl/N-ethyl adjacent to an activating group) is 1. The third-order valence-corrected chi connectivity index (χ3v) is 9.42. The maximum atomic E-state index is 14.4. The van der Waals surface area contributed by atoms with E-state index in [1.165, 1.54) is 24.1 Å². The largest absolute Gasteiger partial charge is 0.494 e. The molecular weight excluding hydrogens is 642 g/mol. The van der Waals surface area contributed by atoms with Crippen molar-refractivity contribution in [2.75, 3.05) is 24.5 Å². The number of benzene rings is 4. The Morgan fingerprint density at radius 2 is 1.50 bits per heavy atom. The summed E-state index contributed by atoms with van der Waals surface area (Å²) >= 11 is 3.35. The third-order valence-electron chi connectivity index (χ3n) is 7.11. The number of carbonyl (C=O) groups excluding carboxylic acids is 2. The molecule has 0 bridgehead atoms. The van der Waals surface area contributed by atoms with Gasteiger partial charge in [-0.3, -0.25) is 13.9 Å². The lowest BCUT2D eigenvalue weighted by molar-refractivity contribution is -0.139. The number of hydrogen-bond acceptors (Lipinski definition) is 5. The molecule has 0 spiro atoms. The summed E-state index contributed by atoms with van der Waals surface area (Å²) in [5, 5.41) is 2.70. The monoisotopic (exact) mass is 677 g/mol. The van der Waals surface area contributed by atoms with E-state index in [0.717, 1.165) is 25.5 Å². The Hall–Kier alpha value is -4.15. The number of carbonyl (C=O) groups is 2. The lowest BCUT2D eigenvalue weighted by Crippen LogP contribution is -2.53. The molecule has 0 heterocycles. The van der Waals surface area contributed by atoms with E-state index in [0.29, 0.717) is 18.0 Å². The Balaban J connectivity index is 1.78. The molecule has 4 rings (SSSR count). The molecule has 1 atom stereocenters. The van der Waals surface area contributed by atoms with E-state index in [1.807, 2.05) is 68.4 Å². The molecule has 4 aromatic rings. The van der Waals surface area contributed by atoms with E-state index in [-0.39, 0.29) is 23.8 Å². The van der Waals surface area contributed by atoms with Gasteiger partial charge in [-0.1, -0.05) is 76.1 Å². The molecule has 2 amide bonds. The molecule has 0 saturated heterocycles. The zero-order valence-corrected chi connectivity index (χ0v) is 27.3. The molecule has 0 fully saturated rings. The van der Waals surface area contributed by atoms with E-state index in [1.54, 1.807) is 36.4 Å². The van der Waals surface area contributed by atoms with Crippen LogP contribution in [0.4, 0.5) is 5.69 Å². The lowest BCUT2D eigenvalue weighted by Gasteiger charge is -2.33. The number of rotatable bonds is 13. The highest BCUT2D eigenvalue weighted by Gasteiger charge is 2.34. The molecule has 8 nitrogen and oxygen atoms in total. The maximum absolute atomic E-state index is 14.4. The van der Waals surface area contributed by atoms with Gasteiger partial charge in [-0.25, -0.2) is 8.42 Å². The van der Waals surface area contributed by atoms with Crippen molar-refractivity contribution >= 4 is 43.5 Å². The molecule has 0 aliphatic carbocycles. The van der Waals surface area contributed by atoms with Crippen molar-refractivity contribution in [3.63, 3.8) is 0 Å². The molecule has 0 saturated carbocycles. The average molecular weight is 679 g/mol. The minimum atomic E-state index is -4.19. The van der Waals surface area contributed by atoms with Gasteiger partial charge in [-0.15, -0.1) is 0 Å². The highest BCUT2D eigenvalue weighted by atomic mass is 79.9. The van der Waals surface area contributed by atoms with Crippen LogP contribution < -0.4 is 14.4 Å². The van der Waals surface area contributed by atoms with Crippen molar-refractivity contribution in [3.05, 3.63) is 124 Å². The zero-order chi connectivity index (χ0) is 31.7. The van der Waals surface area contributed by atoms with Crippen LogP contribution in [-0.2, 0) is 32.6 Å². The number of sulfonamides is 1. The van der Waals surface area contributed by atoms with Crippen LogP contribution in [0, 0.1) is 6.92 Å². The van der Waals surface area contributed by atoms with Crippen LogP contribution in [0.5, 0.6) is 5.75 Å². The molecule has 1 N–H and O–H groups in total. The molecule has 10 heteroatoms. The second-order valence-electron chi connectivity index (χ2n) is 10.2. The molecule has 44 heavy (non-hydrogen) atoms. The van der Waals surface area contributed by atoms with Crippen LogP contribution in [0.15, 0.2) is 112 Å². The second-order valence-corrected chi connectivity index (χ2v) is 13.0. The Morgan fingerprint density at radius 1 is 0.864 bits per heavy atom. The summed E-state index contributed by atoms with van der Waals surface area (Å²) in [5.74, 6) is -0.297. The highest BCUT2D eigenvalue weighted by Crippen LogP contribution is 2.28. The summed E-state index contributed by atoms with van der Waals surface area (Å²) in [4.78, 5) is 29.2. The van der Waals surface area contributed by atoms with E-state index in [9.17, 15) is 18.0 Å². The number of hydrogen-bond donors (Lipinski definition) is 1. The average Bonchev–Trinajstić information content (AvgIpc) is 3.03. The van der Waals surface area contributed by atoms with Gasteiger partial charge >= 0.3 is 0 Å². The SMILES string of the molecule is CCOc1ccc(N(CC(=O)N(Cc2ccc(C)cc2)[C@@H](Cc2ccccc2)C(=O)NC)S(=O)(=O)c2ccc(Br)cc2)cc1. The number of halogens is 1. The van der Waals surface area contributed by atoms with Gasteiger partial charge in [0.05, 0.1) is 17.2 Å². The van der Waals surface area contributed by atoms with Gasteiger partial charge in [0.1, 0.15) is 18.3 Å². The first-order valence-corrected chi connectivity index (χ1v) is 16.5. The summed E-state index contributed by atoms with van der Waals surface area (Å²) in [5.41, 5.74) is 3.03. The number of nitrogens with zero attached hydrogens (tertiary/aromatic N) is 2. The number of aryl methyl sites for hydroxylation is 1. The minimum absolute atomic E-state index is 0.0274. The van der Waals surface area contributed by atoms with Crippen LogP contribution in [0.1, 0.15) is 23.6 Å². The molecular formula is C34H36BrN3O5S. The first-order valence-electron chi connectivity index (χ1n) is 14.2. The Morgan fingerprint density at radius 3 is 2.09 bits per heavy atom. The topological polar surface area (TPSA) is 96.0 Å². The predicted octanol–water partition coefficient (Wildman–Crippen LogP) is 5.74. The van der Waals surface area contributed by atoms with Gasteiger partial charge in [0.15, 0.2) is 0 Å². The molecule has 230 valence electrons.